The molecule has 27 heavy (non-hydrogen) atoms. The first kappa shape index (κ1) is 18.6. The fraction of sp³-hybridized carbons (Fsp3) is 0.217. The number of hydrogen-bond donors (Lipinski definition) is 2. The number of rotatable bonds is 8. The van der Waals surface area contributed by atoms with Gasteiger partial charge in [0.05, 0.1) is 18.3 Å². The minimum Gasteiger partial charge on any atom is -0.370 e. The first-order valence-corrected chi connectivity index (χ1v) is 9.29. The Bertz CT molecular complexity index is 860. The van der Waals surface area contributed by atoms with Crippen molar-refractivity contribution >= 4 is 17.4 Å². The van der Waals surface area contributed by atoms with Crippen molar-refractivity contribution in [2.45, 2.75) is 26.2 Å². The van der Waals surface area contributed by atoms with Gasteiger partial charge in [-0.15, -0.1) is 0 Å². The van der Waals surface area contributed by atoms with Crippen LogP contribution in [-0.2, 0) is 17.6 Å². The Morgan fingerprint density at radius 3 is 2.48 bits per heavy atom. The molecular formula is C23H25N3O. The second-order valence-electron chi connectivity index (χ2n) is 6.60. The average Bonchev–Trinajstić information content (AvgIpc) is 2.69. The molecule has 3 aromatic rings. The average molecular weight is 359 g/mol. The minimum absolute atomic E-state index is 0.0327. The van der Waals surface area contributed by atoms with Crippen LogP contribution in [0.5, 0.6) is 0 Å². The Balaban J connectivity index is 1.43. The molecule has 0 aliphatic rings. The molecule has 0 unspecified atom stereocenters. The van der Waals surface area contributed by atoms with Gasteiger partial charge in [0.1, 0.15) is 5.82 Å². The number of nitrogens with zero attached hydrogens (tertiary/aromatic N) is 1. The number of aromatic nitrogens is 1. The van der Waals surface area contributed by atoms with E-state index in [1.54, 1.807) is 6.20 Å². The summed E-state index contributed by atoms with van der Waals surface area (Å²) in [5.41, 5.74) is 4.22. The molecule has 0 atom stereocenters. The van der Waals surface area contributed by atoms with E-state index in [1.807, 2.05) is 49.4 Å². The maximum Gasteiger partial charge on any atom is 0.228 e. The van der Waals surface area contributed by atoms with Crippen LogP contribution in [0, 0.1) is 6.92 Å². The topological polar surface area (TPSA) is 54.0 Å². The molecule has 0 saturated carbocycles. The number of carbonyl (C=O) groups is 1. The molecule has 3 rings (SSSR count). The highest BCUT2D eigenvalue weighted by Gasteiger charge is 2.06. The number of benzene rings is 2. The van der Waals surface area contributed by atoms with Crippen LogP contribution in [0.1, 0.15) is 23.1 Å². The van der Waals surface area contributed by atoms with Crippen LogP contribution in [0.25, 0.3) is 0 Å². The van der Waals surface area contributed by atoms with Gasteiger partial charge in [0.15, 0.2) is 0 Å². The smallest absolute Gasteiger partial charge is 0.228 e. The van der Waals surface area contributed by atoms with Gasteiger partial charge >= 0.3 is 0 Å². The normalized spacial score (nSPS) is 10.4. The number of pyridine rings is 1. The molecule has 0 aliphatic carbocycles. The van der Waals surface area contributed by atoms with Gasteiger partial charge in [0, 0.05) is 6.54 Å². The van der Waals surface area contributed by atoms with Gasteiger partial charge < -0.3 is 10.6 Å². The summed E-state index contributed by atoms with van der Waals surface area (Å²) in [5.74, 6) is 0.787. The van der Waals surface area contributed by atoms with E-state index in [4.69, 9.17) is 0 Å². The van der Waals surface area contributed by atoms with Gasteiger partial charge in [-0.2, -0.15) is 0 Å². The molecule has 138 valence electrons. The lowest BCUT2D eigenvalue weighted by molar-refractivity contribution is -0.115. The van der Waals surface area contributed by atoms with Crippen LogP contribution in [0.4, 0.5) is 11.5 Å². The number of nitrogens with one attached hydrogen (secondary N) is 2. The lowest BCUT2D eigenvalue weighted by atomic mass is 10.1. The quantitative estimate of drug-likeness (QED) is 0.577. The van der Waals surface area contributed by atoms with Crippen molar-refractivity contribution in [2.75, 3.05) is 17.2 Å². The summed E-state index contributed by atoms with van der Waals surface area (Å²) in [5, 5.41) is 6.22. The molecule has 0 saturated heterocycles. The monoisotopic (exact) mass is 359 g/mol. The molecule has 0 spiro atoms. The summed E-state index contributed by atoms with van der Waals surface area (Å²) < 4.78 is 0. The maximum atomic E-state index is 12.2. The van der Waals surface area contributed by atoms with Crippen LogP contribution < -0.4 is 10.6 Å². The van der Waals surface area contributed by atoms with Crippen LogP contribution in [-0.4, -0.2) is 17.4 Å². The molecule has 1 aromatic heterocycles. The summed E-state index contributed by atoms with van der Waals surface area (Å²) in [4.78, 5) is 16.6. The van der Waals surface area contributed by atoms with Gasteiger partial charge in [-0.1, -0.05) is 54.6 Å². The number of aryl methyl sites for hydroxylation is 2. The Morgan fingerprint density at radius 2 is 1.74 bits per heavy atom. The maximum absolute atomic E-state index is 12.2. The van der Waals surface area contributed by atoms with E-state index in [-0.39, 0.29) is 5.91 Å². The highest BCUT2D eigenvalue weighted by molar-refractivity contribution is 5.92. The molecule has 0 aliphatic heterocycles. The van der Waals surface area contributed by atoms with E-state index in [2.05, 4.69) is 39.9 Å². The summed E-state index contributed by atoms with van der Waals surface area (Å²) in [6, 6.07) is 22.2. The summed E-state index contributed by atoms with van der Waals surface area (Å²) in [7, 11) is 0. The van der Waals surface area contributed by atoms with Crippen molar-refractivity contribution in [1.82, 2.24) is 4.98 Å². The first-order chi connectivity index (χ1) is 13.2. The first-order valence-electron chi connectivity index (χ1n) is 9.29. The zero-order chi connectivity index (χ0) is 18.9. The molecule has 2 N–H and O–H groups in total. The lowest BCUT2D eigenvalue weighted by Gasteiger charge is -2.09. The number of anilines is 2. The largest absolute Gasteiger partial charge is 0.370 e. The molecule has 0 fully saturated rings. The summed E-state index contributed by atoms with van der Waals surface area (Å²) in [6.07, 6.45) is 4.14. The predicted molar refractivity (Wildman–Crippen MR) is 111 cm³/mol. The van der Waals surface area contributed by atoms with Gasteiger partial charge in [0.2, 0.25) is 5.91 Å². The highest BCUT2D eigenvalue weighted by Crippen LogP contribution is 2.12. The summed E-state index contributed by atoms with van der Waals surface area (Å²) >= 11 is 0. The number of hydrogen-bond acceptors (Lipinski definition) is 3. The Hall–Kier alpha value is -3.14. The third-order valence-corrected chi connectivity index (χ3v) is 4.45. The minimum atomic E-state index is -0.0327. The van der Waals surface area contributed by atoms with Gasteiger partial charge in [-0.3, -0.25) is 4.79 Å². The number of carbonyl (C=O) groups excluding carboxylic acids is 1. The van der Waals surface area contributed by atoms with Crippen molar-refractivity contribution in [3.05, 3.63) is 89.6 Å². The van der Waals surface area contributed by atoms with Crippen LogP contribution >= 0.6 is 0 Å². The predicted octanol–water partition coefficient (Wildman–Crippen LogP) is 4.62. The zero-order valence-electron chi connectivity index (χ0n) is 15.6. The Morgan fingerprint density at radius 1 is 0.963 bits per heavy atom. The Labute approximate surface area is 160 Å². The molecule has 4 nitrogen and oxygen atoms in total. The van der Waals surface area contributed by atoms with Gasteiger partial charge in [0.25, 0.3) is 0 Å². The molecule has 2 aromatic carbocycles. The zero-order valence-corrected chi connectivity index (χ0v) is 15.6. The second kappa shape index (κ2) is 9.53. The van der Waals surface area contributed by atoms with Crippen molar-refractivity contribution < 1.29 is 4.79 Å². The van der Waals surface area contributed by atoms with Crippen molar-refractivity contribution in [3.8, 4) is 0 Å². The highest BCUT2D eigenvalue weighted by atomic mass is 16.1. The summed E-state index contributed by atoms with van der Waals surface area (Å²) in [6.45, 7) is 2.88. The van der Waals surface area contributed by atoms with E-state index in [0.717, 1.165) is 36.3 Å². The Kier molecular flexibility index (Phi) is 6.58. The van der Waals surface area contributed by atoms with E-state index < -0.39 is 0 Å². The van der Waals surface area contributed by atoms with Crippen molar-refractivity contribution in [3.63, 3.8) is 0 Å². The number of amides is 1. The molecule has 4 heteroatoms. The molecular weight excluding hydrogens is 334 g/mol. The van der Waals surface area contributed by atoms with E-state index in [0.29, 0.717) is 12.1 Å². The van der Waals surface area contributed by atoms with Crippen LogP contribution in [0.15, 0.2) is 72.9 Å². The lowest BCUT2D eigenvalue weighted by Crippen LogP contribution is -2.15. The molecule has 0 bridgehead atoms. The second-order valence-corrected chi connectivity index (χ2v) is 6.60. The van der Waals surface area contributed by atoms with Crippen LogP contribution in [0.2, 0.25) is 0 Å². The van der Waals surface area contributed by atoms with E-state index in [9.17, 15) is 4.79 Å². The van der Waals surface area contributed by atoms with Crippen molar-refractivity contribution in [1.29, 1.82) is 0 Å². The third-order valence-electron chi connectivity index (χ3n) is 4.45. The fourth-order valence-electron chi connectivity index (χ4n) is 2.91. The SMILES string of the molecule is Cc1ccccc1CC(=O)Nc1ccc(NCCCc2ccccc2)nc1. The van der Waals surface area contributed by atoms with Crippen LogP contribution in [0.3, 0.4) is 0 Å². The third kappa shape index (κ3) is 5.96. The molecule has 1 heterocycles. The van der Waals surface area contributed by atoms with E-state index in [1.165, 1.54) is 5.56 Å². The molecule has 1 amide bonds. The van der Waals surface area contributed by atoms with Gasteiger partial charge in [-0.25, -0.2) is 4.98 Å². The molecule has 0 radical (unpaired) electrons. The van der Waals surface area contributed by atoms with Crippen molar-refractivity contribution in [2.24, 2.45) is 0 Å². The van der Waals surface area contributed by atoms with Gasteiger partial charge in [-0.05, 0) is 48.6 Å². The standard InChI is InChI=1S/C23H25N3O/c1-18-8-5-6-12-20(18)16-23(27)26-21-13-14-22(25-17-21)24-15-7-11-19-9-3-2-4-10-19/h2-6,8-10,12-14,17H,7,11,15-16H2,1H3,(H,24,25)(H,26,27). The van der Waals surface area contributed by atoms with E-state index >= 15 is 0 Å². The fourth-order valence-corrected chi connectivity index (χ4v) is 2.91.